The fourth-order valence-electron chi connectivity index (χ4n) is 4.23. The molecule has 6 heteroatoms. The van der Waals surface area contributed by atoms with E-state index in [0.29, 0.717) is 18.7 Å². The van der Waals surface area contributed by atoms with E-state index in [2.05, 4.69) is 5.32 Å². The number of ether oxygens (including phenoxy) is 1. The summed E-state index contributed by atoms with van der Waals surface area (Å²) in [5.41, 5.74) is 2.06. The molecule has 32 heavy (non-hydrogen) atoms. The molecule has 1 aliphatic rings. The third kappa shape index (κ3) is 6.81. The summed E-state index contributed by atoms with van der Waals surface area (Å²) in [5.74, 6) is -0.339. The van der Waals surface area contributed by atoms with Gasteiger partial charge in [0.25, 0.3) is 5.91 Å². The molecule has 1 atom stereocenters. The summed E-state index contributed by atoms with van der Waals surface area (Å²) in [7, 11) is 0. The average molecular weight is 441 g/mol. The number of nitrogens with one attached hydrogen (secondary N) is 1. The van der Waals surface area contributed by atoms with Crippen molar-refractivity contribution in [3.63, 3.8) is 0 Å². The highest BCUT2D eigenvalue weighted by atomic mass is 19.1. The molecule has 0 aliphatic heterocycles. The van der Waals surface area contributed by atoms with Crippen molar-refractivity contribution < 1.29 is 18.7 Å². The molecule has 1 unspecified atom stereocenters. The molecule has 2 aromatic carbocycles. The van der Waals surface area contributed by atoms with Crippen LogP contribution in [0.3, 0.4) is 0 Å². The first kappa shape index (κ1) is 23.8. The van der Waals surface area contributed by atoms with E-state index < -0.39 is 6.04 Å². The first-order valence-electron chi connectivity index (χ1n) is 11.5. The van der Waals surface area contributed by atoms with E-state index in [1.807, 2.05) is 38.1 Å². The van der Waals surface area contributed by atoms with Crippen molar-refractivity contribution in [3.05, 3.63) is 65.5 Å². The smallest absolute Gasteiger partial charge is 0.261 e. The molecule has 1 aliphatic carbocycles. The van der Waals surface area contributed by atoms with Crippen LogP contribution in [0.15, 0.2) is 48.5 Å². The molecule has 0 heterocycles. The van der Waals surface area contributed by atoms with Crippen molar-refractivity contribution in [1.29, 1.82) is 0 Å². The normalized spacial score (nSPS) is 15.1. The van der Waals surface area contributed by atoms with Gasteiger partial charge in [-0.1, -0.05) is 56.0 Å². The van der Waals surface area contributed by atoms with Gasteiger partial charge in [0, 0.05) is 12.6 Å². The molecule has 0 radical (unpaired) electrons. The molecular weight excluding hydrogens is 407 g/mol. The molecule has 172 valence electrons. The summed E-state index contributed by atoms with van der Waals surface area (Å²) in [4.78, 5) is 28.0. The zero-order valence-electron chi connectivity index (χ0n) is 19.0. The minimum atomic E-state index is -0.582. The van der Waals surface area contributed by atoms with Crippen LogP contribution in [0.5, 0.6) is 5.75 Å². The minimum Gasteiger partial charge on any atom is -0.484 e. The number of hydrogen-bond donors (Lipinski definition) is 1. The maximum Gasteiger partial charge on any atom is 0.261 e. The van der Waals surface area contributed by atoms with Gasteiger partial charge >= 0.3 is 0 Å². The summed E-state index contributed by atoms with van der Waals surface area (Å²) < 4.78 is 18.7. The van der Waals surface area contributed by atoms with Gasteiger partial charge in [0.15, 0.2) is 6.61 Å². The molecule has 1 N–H and O–H groups in total. The second kappa shape index (κ2) is 11.7. The lowest BCUT2D eigenvalue weighted by Crippen LogP contribution is -2.52. The molecule has 0 bridgehead atoms. The van der Waals surface area contributed by atoms with Gasteiger partial charge in [-0.3, -0.25) is 9.59 Å². The van der Waals surface area contributed by atoms with Gasteiger partial charge in [-0.25, -0.2) is 4.39 Å². The molecule has 1 fully saturated rings. The predicted octanol–water partition coefficient (Wildman–Crippen LogP) is 4.77. The van der Waals surface area contributed by atoms with Crippen molar-refractivity contribution in [2.75, 3.05) is 6.61 Å². The second-order valence-electron chi connectivity index (χ2n) is 8.52. The van der Waals surface area contributed by atoms with E-state index in [0.717, 1.165) is 36.8 Å². The lowest BCUT2D eigenvalue weighted by atomic mass is 9.95. The number of rotatable bonds is 9. The van der Waals surface area contributed by atoms with E-state index in [4.69, 9.17) is 4.74 Å². The number of halogens is 1. The second-order valence-corrected chi connectivity index (χ2v) is 8.52. The van der Waals surface area contributed by atoms with Crippen LogP contribution in [0.4, 0.5) is 4.39 Å². The van der Waals surface area contributed by atoms with Gasteiger partial charge in [0.05, 0.1) is 0 Å². The van der Waals surface area contributed by atoms with Gasteiger partial charge < -0.3 is 15.0 Å². The van der Waals surface area contributed by atoms with E-state index in [1.54, 1.807) is 4.90 Å². The monoisotopic (exact) mass is 440 g/mol. The highest BCUT2D eigenvalue weighted by Crippen LogP contribution is 2.19. The summed E-state index contributed by atoms with van der Waals surface area (Å²) in [6, 6.07) is 13.1. The van der Waals surface area contributed by atoms with E-state index >= 15 is 0 Å². The zero-order chi connectivity index (χ0) is 22.9. The van der Waals surface area contributed by atoms with Crippen LogP contribution in [0, 0.1) is 12.7 Å². The number of benzene rings is 2. The van der Waals surface area contributed by atoms with Gasteiger partial charge in [-0.15, -0.1) is 0 Å². The molecule has 0 aromatic heterocycles. The molecule has 0 saturated heterocycles. The fraction of sp³-hybridized carbons (Fsp3) is 0.462. The largest absolute Gasteiger partial charge is 0.484 e. The number of amides is 2. The first-order chi connectivity index (χ1) is 15.5. The van der Waals surface area contributed by atoms with Gasteiger partial charge in [0.2, 0.25) is 5.91 Å². The molecule has 5 nitrogen and oxygen atoms in total. The summed E-state index contributed by atoms with van der Waals surface area (Å²) in [6.45, 7) is 4.03. The van der Waals surface area contributed by atoms with Crippen molar-refractivity contribution in [3.8, 4) is 5.75 Å². The molecular formula is C26H33FN2O3. The number of aryl methyl sites for hydroxylation is 1. The Morgan fingerprint density at radius 2 is 1.84 bits per heavy atom. The van der Waals surface area contributed by atoms with Crippen molar-refractivity contribution in [1.82, 2.24) is 10.2 Å². The quantitative estimate of drug-likeness (QED) is 0.611. The minimum absolute atomic E-state index is 0.109. The highest BCUT2D eigenvalue weighted by molar-refractivity contribution is 5.88. The number of carbonyl (C=O) groups excluding carboxylic acids is 2. The van der Waals surface area contributed by atoms with Crippen molar-refractivity contribution >= 4 is 11.8 Å². The fourth-order valence-corrected chi connectivity index (χ4v) is 4.23. The summed E-state index contributed by atoms with van der Waals surface area (Å²) in [6.07, 6.45) is 5.94. The summed E-state index contributed by atoms with van der Waals surface area (Å²) >= 11 is 0. The number of nitrogens with zero attached hydrogens (tertiary/aromatic N) is 1. The third-order valence-corrected chi connectivity index (χ3v) is 5.95. The van der Waals surface area contributed by atoms with Crippen LogP contribution >= 0.6 is 0 Å². The third-order valence-electron chi connectivity index (χ3n) is 5.95. The Hall–Kier alpha value is -2.89. The molecule has 0 spiro atoms. The van der Waals surface area contributed by atoms with E-state index in [1.165, 1.54) is 30.7 Å². The standard InChI is InChI=1S/C26H33FN2O3/c1-3-24(26(31)28-22-10-5-4-6-11-22)29(17-20-9-7-8-19(2)16-20)25(30)18-32-23-14-12-21(27)13-15-23/h7-9,12-16,22,24H,3-6,10-11,17-18H2,1-2H3,(H,28,31). The van der Waals surface area contributed by atoms with Crippen molar-refractivity contribution in [2.45, 2.75) is 71.0 Å². The Bertz CT molecular complexity index is 894. The van der Waals surface area contributed by atoms with Crippen LogP contribution in [-0.2, 0) is 16.1 Å². The zero-order valence-corrected chi connectivity index (χ0v) is 19.0. The van der Waals surface area contributed by atoms with Crippen LogP contribution < -0.4 is 10.1 Å². The molecule has 2 amide bonds. The van der Waals surface area contributed by atoms with Gasteiger partial charge in [-0.2, -0.15) is 0 Å². The van der Waals surface area contributed by atoms with E-state index in [-0.39, 0.29) is 30.3 Å². The Kier molecular flexibility index (Phi) is 8.65. The SMILES string of the molecule is CCC(C(=O)NC1CCCCC1)N(Cc1cccc(C)c1)C(=O)COc1ccc(F)cc1. The molecule has 1 saturated carbocycles. The Labute approximate surface area is 190 Å². The topological polar surface area (TPSA) is 58.6 Å². The highest BCUT2D eigenvalue weighted by Gasteiger charge is 2.30. The predicted molar refractivity (Wildman–Crippen MR) is 123 cm³/mol. The Morgan fingerprint density at radius 1 is 1.12 bits per heavy atom. The maximum absolute atomic E-state index is 13.2. The lowest BCUT2D eigenvalue weighted by molar-refractivity contribution is -0.143. The van der Waals surface area contributed by atoms with Crippen LogP contribution in [0.25, 0.3) is 0 Å². The number of carbonyl (C=O) groups is 2. The lowest BCUT2D eigenvalue weighted by Gasteiger charge is -2.32. The molecule has 2 aromatic rings. The van der Waals surface area contributed by atoms with Crippen molar-refractivity contribution in [2.24, 2.45) is 0 Å². The van der Waals surface area contributed by atoms with E-state index in [9.17, 15) is 14.0 Å². The van der Waals surface area contributed by atoms with Crippen LogP contribution in [-0.4, -0.2) is 35.4 Å². The van der Waals surface area contributed by atoms with Gasteiger partial charge in [0.1, 0.15) is 17.6 Å². The molecule has 3 rings (SSSR count). The van der Waals surface area contributed by atoms with Crippen LogP contribution in [0.2, 0.25) is 0 Å². The maximum atomic E-state index is 13.2. The average Bonchev–Trinajstić information content (AvgIpc) is 2.79. The van der Waals surface area contributed by atoms with Crippen LogP contribution in [0.1, 0.15) is 56.6 Å². The summed E-state index contributed by atoms with van der Waals surface area (Å²) in [5, 5.41) is 3.17. The van der Waals surface area contributed by atoms with Gasteiger partial charge in [-0.05, 0) is 56.0 Å². The first-order valence-corrected chi connectivity index (χ1v) is 11.5. The Balaban J connectivity index is 1.74. The number of hydrogen-bond acceptors (Lipinski definition) is 3. The Morgan fingerprint density at radius 3 is 2.50 bits per heavy atom.